The monoisotopic (exact) mass is 227 g/mol. The van der Waals surface area contributed by atoms with Crippen molar-refractivity contribution in [3.8, 4) is 0 Å². The van der Waals surface area contributed by atoms with Gasteiger partial charge in [-0.15, -0.1) is 11.6 Å². The molecule has 0 radical (unpaired) electrons. The molecule has 3 N–H and O–H groups in total. The van der Waals surface area contributed by atoms with Crippen LogP contribution in [0.4, 0.5) is 0 Å². The molecule has 84 valence electrons. The minimum atomic E-state index is -0.544. The van der Waals surface area contributed by atoms with E-state index in [4.69, 9.17) is 17.3 Å². The highest BCUT2D eigenvalue weighted by atomic mass is 35.5. The minimum Gasteiger partial charge on any atom is -0.387 e. The predicted octanol–water partition coefficient (Wildman–Crippen LogP) is 2.24. The average molecular weight is 228 g/mol. The van der Waals surface area contributed by atoms with Crippen LogP contribution in [0.3, 0.4) is 0 Å². The van der Waals surface area contributed by atoms with Gasteiger partial charge in [-0.25, -0.2) is 0 Å². The van der Waals surface area contributed by atoms with Crippen molar-refractivity contribution >= 4 is 11.6 Å². The third kappa shape index (κ3) is 3.82. The maximum absolute atomic E-state index is 9.72. The molecule has 0 amide bonds. The van der Waals surface area contributed by atoms with Crippen molar-refractivity contribution in [2.75, 3.05) is 12.4 Å². The molecule has 0 aliphatic rings. The summed E-state index contributed by atoms with van der Waals surface area (Å²) in [5.74, 6) is 0.696. The molecule has 0 aromatic heterocycles. The zero-order valence-electron chi connectivity index (χ0n) is 8.82. The van der Waals surface area contributed by atoms with Crippen LogP contribution in [0.15, 0.2) is 24.3 Å². The second-order valence-electron chi connectivity index (χ2n) is 3.60. The molecule has 1 aromatic rings. The van der Waals surface area contributed by atoms with Crippen LogP contribution in [0.1, 0.15) is 30.1 Å². The van der Waals surface area contributed by atoms with Crippen LogP contribution < -0.4 is 5.73 Å². The topological polar surface area (TPSA) is 46.2 Å². The number of aryl methyl sites for hydroxylation is 1. The smallest absolute Gasteiger partial charge is 0.0914 e. The quantitative estimate of drug-likeness (QED) is 0.579. The Hall–Kier alpha value is -0.570. The first-order chi connectivity index (χ1) is 7.29. The molecule has 1 aromatic carbocycles. The Morgan fingerprint density at radius 3 is 2.67 bits per heavy atom. The zero-order valence-corrected chi connectivity index (χ0v) is 9.58. The lowest BCUT2D eigenvalue weighted by Gasteiger charge is -2.13. The maximum atomic E-state index is 9.72. The summed E-state index contributed by atoms with van der Waals surface area (Å²) < 4.78 is 0. The number of hydrogen-bond donors (Lipinski definition) is 2. The van der Waals surface area contributed by atoms with Gasteiger partial charge in [0.25, 0.3) is 0 Å². The van der Waals surface area contributed by atoms with Crippen molar-refractivity contribution in [1.29, 1.82) is 0 Å². The molecule has 15 heavy (non-hydrogen) atoms. The van der Waals surface area contributed by atoms with Gasteiger partial charge in [-0.3, -0.25) is 0 Å². The molecule has 0 aliphatic heterocycles. The van der Waals surface area contributed by atoms with Crippen LogP contribution in [-0.4, -0.2) is 17.5 Å². The number of alkyl halides is 1. The molecule has 1 atom stereocenters. The lowest BCUT2D eigenvalue weighted by atomic mass is 9.98. The Kier molecular flexibility index (Phi) is 5.69. The normalized spacial score (nSPS) is 12.7. The van der Waals surface area contributed by atoms with Crippen molar-refractivity contribution in [3.63, 3.8) is 0 Å². The fourth-order valence-corrected chi connectivity index (χ4v) is 1.81. The molecule has 0 fully saturated rings. The molecule has 0 aliphatic carbocycles. The molecule has 0 heterocycles. The number of hydrogen-bond acceptors (Lipinski definition) is 2. The Morgan fingerprint density at radius 2 is 2.00 bits per heavy atom. The summed E-state index contributed by atoms with van der Waals surface area (Å²) in [6, 6.07) is 7.90. The molecule has 0 spiro atoms. The van der Waals surface area contributed by atoms with Crippen molar-refractivity contribution in [1.82, 2.24) is 0 Å². The summed E-state index contributed by atoms with van der Waals surface area (Å²) in [6.45, 7) is 0.270. The molecule has 3 heteroatoms. The van der Waals surface area contributed by atoms with E-state index < -0.39 is 6.10 Å². The van der Waals surface area contributed by atoms with Crippen molar-refractivity contribution in [2.45, 2.75) is 25.4 Å². The molecule has 1 rings (SSSR count). The second-order valence-corrected chi connectivity index (χ2v) is 3.97. The standard InChI is InChI=1S/C12H18ClNO/c13-8-4-3-6-10-5-1-2-7-11(10)12(15)9-14/h1-2,5,7,12,15H,3-4,6,8-9,14H2/t12-/m0/s1. The number of aliphatic hydroxyl groups is 1. The van der Waals surface area contributed by atoms with E-state index in [0.717, 1.165) is 24.8 Å². The first-order valence-corrected chi connectivity index (χ1v) is 5.85. The third-order valence-electron chi connectivity index (χ3n) is 2.47. The highest BCUT2D eigenvalue weighted by Crippen LogP contribution is 2.19. The molecule has 0 unspecified atom stereocenters. The van der Waals surface area contributed by atoms with E-state index in [2.05, 4.69) is 0 Å². The van der Waals surface area contributed by atoms with Gasteiger partial charge in [0, 0.05) is 12.4 Å². The van der Waals surface area contributed by atoms with Gasteiger partial charge in [-0.1, -0.05) is 24.3 Å². The number of benzene rings is 1. The van der Waals surface area contributed by atoms with Crippen LogP contribution in [-0.2, 0) is 6.42 Å². The van der Waals surface area contributed by atoms with E-state index >= 15 is 0 Å². The van der Waals surface area contributed by atoms with Crippen LogP contribution >= 0.6 is 11.6 Å². The highest BCUT2D eigenvalue weighted by Gasteiger charge is 2.09. The maximum Gasteiger partial charge on any atom is 0.0914 e. The van der Waals surface area contributed by atoms with Gasteiger partial charge in [0.2, 0.25) is 0 Å². The van der Waals surface area contributed by atoms with Crippen molar-refractivity contribution < 1.29 is 5.11 Å². The van der Waals surface area contributed by atoms with Gasteiger partial charge < -0.3 is 10.8 Å². The summed E-state index contributed by atoms with van der Waals surface area (Å²) >= 11 is 5.63. The highest BCUT2D eigenvalue weighted by molar-refractivity contribution is 6.17. The van der Waals surface area contributed by atoms with Gasteiger partial charge in [-0.05, 0) is 30.4 Å². The molecule has 0 saturated heterocycles. The van der Waals surface area contributed by atoms with Gasteiger partial charge >= 0.3 is 0 Å². The summed E-state index contributed by atoms with van der Waals surface area (Å²) in [6.07, 6.45) is 2.48. The number of halogens is 1. The first kappa shape index (κ1) is 12.5. The molecule has 0 bridgehead atoms. The van der Waals surface area contributed by atoms with E-state index in [0.29, 0.717) is 5.88 Å². The van der Waals surface area contributed by atoms with E-state index in [1.165, 1.54) is 5.56 Å². The fraction of sp³-hybridized carbons (Fsp3) is 0.500. The van der Waals surface area contributed by atoms with Gasteiger partial charge in [0.1, 0.15) is 0 Å². The summed E-state index contributed by atoms with van der Waals surface area (Å²) in [7, 11) is 0. The minimum absolute atomic E-state index is 0.270. The van der Waals surface area contributed by atoms with E-state index in [-0.39, 0.29) is 6.54 Å². The number of rotatable bonds is 6. The largest absolute Gasteiger partial charge is 0.387 e. The van der Waals surface area contributed by atoms with Crippen LogP contribution in [0.25, 0.3) is 0 Å². The van der Waals surface area contributed by atoms with Gasteiger partial charge in [0.15, 0.2) is 0 Å². The van der Waals surface area contributed by atoms with E-state index in [1.54, 1.807) is 0 Å². The zero-order chi connectivity index (χ0) is 11.1. The Bertz CT molecular complexity index is 291. The number of unbranched alkanes of at least 4 members (excludes halogenated alkanes) is 1. The average Bonchev–Trinajstić information content (AvgIpc) is 2.29. The predicted molar refractivity (Wildman–Crippen MR) is 64.1 cm³/mol. The van der Waals surface area contributed by atoms with Gasteiger partial charge in [-0.2, -0.15) is 0 Å². The molecular formula is C12H18ClNO. The SMILES string of the molecule is NC[C@H](O)c1ccccc1CCCCCl. The lowest BCUT2D eigenvalue weighted by Crippen LogP contribution is -2.13. The summed E-state index contributed by atoms with van der Waals surface area (Å²) in [5, 5.41) is 9.72. The molecule has 0 saturated carbocycles. The summed E-state index contributed by atoms with van der Waals surface area (Å²) in [5.41, 5.74) is 7.59. The summed E-state index contributed by atoms with van der Waals surface area (Å²) in [4.78, 5) is 0. The third-order valence-corrected chi connectivity index (χ3v) is 2.73. The van der Waals surface area contributed by atoms with Crippen LogP contribution in [0.2, 0.25) is 0 Å². The number of aliphatic hydroxyl groups excluding tert-OH is 1. The van der Waals surface area contributed by atoms with Crippen molar-refractivity contribution in [2.24, 2.45) is 5.73 Å². The second kappa shape index (κ2) is 6.83. The van der Waals surface area contributed by atoms with Crippen LogP contribution in [0.5, 0.6) is 0 Å². The molecule has 2 nitrogen and oxygen atoms in total. The van der Waals surface area contributed by atoms with Crippen molar-refractivity contribution in [3.05, 3.63) is 35.4 Å². The Labute approximate surface area is 96.1 Å². The lowest BCUT2D eigenvalue weighted by molar-refractivity contribution is 0.185. The first-order valence-electron chi connectivity index (χ1n) is 5.31. The fourth-order valence-electron chi connectivity index (χ4n) is 1.62. The van der Waals surface area contributed by atoms with E-state index in [9.17, 15) is 5.11 Å². The number of nitrogens with two attached hydrogens (primary N) is 1. The van der Waals surface area contributed by atoms with E-state index in [1.807, 2.05) is 24.3 Å². The Balaban J connectivity index is 2.68. The Morgan fingerprint density at radius 1 is 1.27 bits per heavy atom. The molecular weight excluding hydrogens is 210 g/mol. The van der Waals surface area contributed by atoms with Gasteiger partial charge in [0.05, 0.1) is 6.10 Å². The van der Waals surface area contributed by atoms with Crippen LogP contribution in [0, 0.1) is 0 Å².